The molecule has 0 fully saturated rings. The summed E-state index contributed by atoms with van der Waals surface area (Å²) in [6.07, 6.45) is 2.56. The summed E-state index contributed by atoms with van der Waals surface area (Å²) in [5.74, 6) is 42.7. The molecule has 0 unspecified atom stereocenters. The summed E-state index contributed by atoms with van der Waals surface area (Å²) in [6.45, 7) is 0. The third-order valence-electron chi connectivity index (χ3n) is 9.97. The molecule has 2 heterocycles. The first-order chi connectivity index (χ1) is 37.5. The van der Waals surface area contributed by atoms with Crippen LogP contribution in [-0.4, -0.2) is 69.8 Å². The number of hydrazine groups is 8. The second-order valence-corrected chi connectivity index (χ2v) is 15.3. The van der Waals surface area contributed by atoms with E-state index < -0.39 is 48.2 Å². The van der Waals surface area contributed by atoms with Crippen LogP contribution in [0.4, 0.5) is 84.1 Å². The largest absolute Gasteiger partial charge is 0.350 e. The molecule has 0 saturated carbocycles. The molecule has 6 rings (SSSR count). The Balaban J connectivity index is 0.000000374. The van der Waals surface area contributed by atoms with Crippen molar-refractivity contribution >= 4 is 106 Å². The van der Waals surface area contributed by atoms with Crippen LogP contribution in [0.3, 0.4) is 0 Å². The first kappa shape index (κ1) is 65.4. The number of rotatable bonds is 12. The monoisotopic (exact) mass is 1120 g/mol. The van der Waals surface area contributed by atoms with E-state index in [-0.39, 0.29) is 63.2 Å². The van der Waals surface area contributed by atoms with Crippen molar-refractivity contribution in [3.63, 3.8) is 0 Å². The van der Waals surface area contributed by atoms with E-state index in [9.17, 15) is 47.9 Å². The van der Waals surface area contributed by atoms with Gasteiger partial charge in [0.2, 0.25) is 0 Å². The van der Waals surface area contributed by atoms with E-state index in [1.807, 2.05) is 0 Å². The number of carbonyl (C=O) groups excluding carboxylic acids is 10. The minimum absolute atomic E-state index is 0. The number of nitrogens with zero attached hydrogens (tertiary/aromatic N) is 10. The highest BCUT2D eigenvalue weighted by atomic mass is 16.2. The molecule has 0 aliphatic rings. The maximum atomic E-state index is 12.6. The lowest BCUT2D eigenvalue weighted by molar-refractivity contribution is 0.103. The average molecular weight is 1120 g/mol. The predicted molar refractivity (Wildman–Crippen MR) is 296 cm³/mol. The Bertz CT molecular complexity index is 2980. The van der Waals surface area contributed by atoms with Crippen molar-refractivity contribution in [2.24, 2.45) is 92.6 Å². The quantitative estimate of drug-likeness (QED) is 0.0279. The van der Waals surface area contributed by atoms with E-state index in [4.69, 9.17) is 92.6 Å². The summed E-state index contributed by atoms with van der Waals surface area (Å²) in [5, 5.41) is 5.52. The lowest BCUT2D eigenvalue weighted by atomic mass is 10.0. The highest BCUT2D eigenvalue weighted by Gasteiger charge is 2.18. The normalized spacial score (nSPS) is 9.78. The van der Waals surface area contributed by atoms with E-state index in [2.05, 4.69) is 9.97 Å². The van der Waals surface area contributed by atoms with E-state index >= 15 is 0 Å². The van der Waals surface area contributed by atoms with Crippen LogP contribution in [0.15, 0.2) is 134 Å². The molecule has 0 spiro atoms. The Morgan fingerprint density at radius 1 is 0.284 bits per heavy atom. The zero-order valence-corrected chi connectivity index (χ0v) is 42.2. The van der Waals surface area contributed by atoms with Crippen LogP contribution in [0, 0.1) is 0 Å². The van der Waals surface area contributed by atoms with Gasteiger partial charge in [0, 0.05) is 22.3 Å². The zero-order chi connectivity index (χ0) is 60.3. The first-order valence-electron chi connectivity index (χ1n) is 21.6. The molecule has 81 heavy (non-hydrogen) atoms. The number of nitrogens with two attached hydrogens (primary N) is 16. The summed E-state index contributed by atoms with van der Waals surface area (Å²) >= 11 is 0. The number of hydrogen-bond acceptors (Lipinski definition) is 21. The minimum atomic E-state index is -0.896. The van der Waals surface area contributed by atoms with Crippen LogP contribution in [0.25, 0.3) is 0 Å². The molecule has 6 aromatic rings. The molecule has 0 aliphatic heterocycles. The van der Waals surface area contributed by atoms with Crippen molar-refractivity contribution in [1.29, 1.82) is 0 Å². The molecule has 0 radical (unpaired) electrons. The Kier molecular flexibility index (Phi) is 23.9. The van der Waals surface area contributed by atoms with E-state index in [1.54, 1.807) is 24.3 Å². The van der Waals surface area contributed by atoms with Crippen molar-refractivity contribution in [2.75, 3.05) is 40.1 Å². The van der Waals surface area contributed by atoms with Crippen molar-refractivity contribution in [1.82, 2.24) is 16.1 Å². The molecule has 2 aromatic heterocycles. The van der Waals surface area contributed by atoms with Gasteiger partial charge in [0.05, 0.1) is 46.5 Å². The van der Waals surface area contributed by atoms with Gasteiger partial charge in [-0.1, -0.05) is 30.3 Å². The van der Waals surface area contributed by atoms with Gasteiger partial charge in [-0.25, -0.2) is 130 Å². The van der Waals surface area contributed by atoms with Crippen molar-refractivity contribution in [3.05, 3.63) is 156 Å². The lowest BCUT2D eigenvalue weighted by Crippen LogP contribution is -2.44. The number of aromatic nitrogens is 2. The first-order valence-corrected chi connectivity index (χ1v) is 21.6. The fraction of sp³-hybridized carbons (Fsp3) is 0. The summed E-state index contributed by atoms with van der Waals surface area (Å²) in [6, 6.07) is 23.0. The summed E-state index contributed by atoms with van der Waals surface area (Å²) < 4.78 is 0. The van der Waals surface area contributed by atoms with E-state index in [0.29, 0.717) is 42.5 Å². The SMILES string of the molecule is N.NC(=O)N(N)c1ccc(C(=O)c2ccc(N(N)C(N)=O)cc2)cc1.NC(=O)N(N)c1cccc(C(=O)c2cccc(N(N)C(N)=O)c2)c1.NC(=O)N(N)c1cccc(N(N)C(N)=O)n1.NC(=O)N(N)c1cncc(N(N)C(N)=O)c1. The lowest BCUT2D eigenvalue weighted by Gasteiger charge is -2.17. The number of urea groups is 8. The number of primary amides is 8. The molecule has 428 valence electrons. The Hall–Kier alpha value is -11.7. The fourth-order valence-electron chi connectivity index (χ4n) is 5.82. The van der Waals surface area contributed by atoms with Gasteiger partial charge in [0.25, 0.3) is 0 Å². The minimum Gasteiger partial charge on any atom is -0.350 e. The Morgan fingerprint density at radius 3 is 0.840 bits per heavy atom. The molecule has 0 aliphatic carbocycles. The highest BCUT2D eigenvalue weighted by molar-refractivity contribution is 6.11. The molecule has 4 aromatic carbocycles. The van der Waals surface area contributed by atoms with Gasteiger partial charge in [0.1, 0.15) is 0 Å². The van der Waals surface area contributed by atoms with Crippen LogP contribution in [-0.2, 0) is 0 Å². The molecule has 0 saturated heterocycles. The van der Waals surface area contributed by atoms with Gasteiger partial charge in [-0.2, -0.15) is 0 Å². The van der Waals surface area contributed by atoms with E-state index in [1.165, 1.54) is 109 Å². The standard InChI is InChI=1S/2C15H16N6O3.2C7H11N7O2.H3N/c16-14(23)20(18)11-5-1-9(2-6-11)13(22)10-3-7-12(8-4-10)21(19)15(17)24;16-14(23)20(18)11-5-1-3-9(7-11)13(22)10-4-2-6-12(8-10)21(19)15(17)24;8-6(15)13(10)4-1-5(3-12-2-4)14(11)7(9)16;8-6(15)13(10)4-2-1-3-5(12-4)14(11)7(9)16;/h2*1-8H,18-19H2,(H2,16,23)(H2,17,24);2*1-3H,10-11H2,(H2,8,15)(H2,9,16);1H3. The predicted octanol–water partition coefficient (Wildman–Crippen LogP) is -1.77. The number of anilines is 8. The smallest absolute Gasteiger partial charge is 0.335 e. The number of pyridine rings is 2. The van der Waals surface area contributed by atoms with Gasteiger partial charge in [0.15, 0.2) is 23.2 Å². The molecule has 37 heteroatoms. The average Bonchev–Trinajstić information content (AvgIpc) is 3.45. The third kappa shape index (κ3) is 18.2. The summed E-state index contributed by atoms with van der Waals surface area (Å²) in [5.41, 5.74) is 43.1. The van der Waals surface area contributed by atoms with Crippen LogP contribution in [0.5, 0.6) is 0 Å². The molecule has 37 nitrogen and oxygen atoms in total. The van der Waals surface area contributed by atoms with Crippen LogP contribution in [0.2, 0.25) is 0 Å². The molecule has 16 amide bonds. The zero-order valence-electron chi connectivity index (χ0n) is 42.2. The second kappa shape index (κ2) is 29.6. The van der Waals surface area contributed by atoms with Crippen LogP contribution < -0.4 is 139 Å². The van der Waals surface area contributed by atoms with Gasteiger partial charge in [-0.05, 0) is 91.0 Å². The topological polar surface area (TPSA) is 674 Å². The molecule has 0 bridgehead atoms. The fourth-order valence-corrected chi connectivity index (χ4v) is 5.82. The van der Waals surface area contributed by atoms with Crippen LogP contribution in [0.1, 0.15) is 31.8 Å². The number of benzene rings is 4. The van der Waals surface area contributed by atoms with Gasteiger partial charge in [-0.15, -0.1) is 0 Å². The highest BCUT2D eigenvalue weighted by Crippen LogP contribution is 2.22. The summed E-state index contributed by atoms with van der Waals surface area (Å²) in [7, 11) is 0. The maximum absolute atomic E-state index is 12.6. The third-order valence-corrected chi connectivity index (χ3v) is 9.97. The Labute approximate surface area is 457 Å². The number of amides is 16. The molecular weight excluding hydrogens is 1070 g/mol. The second-order valence-electron chi connectivity index (χ2n) is 15.3. The van der Waals surface area contributed by atoms with Crippen molar-refractivity contribution in [3.8, 4) is 0 Å². The van der Waals surface area contributed by atoms with Gasteiger partial charge < -0.3 is 52.0 Å². The number of carbonyl (C=O) groups is 10. The molecule has 35 N–H and O–H groups in total. The van der Waals surface area contributed by atoms with Crippen molar-refractivity contribution < 1.29 is 47.9 Å². The van der Waals surface area contributed by atoms with Gasteiger partial charge in [-0.3, -0.25) is 14.6 Å². The van der Waals surface area contributed by atoms with Crippen LogP contribution >= 0.6 is 0 Å². The van der Waals surface area contributed by atoms with Crippen molar-refractivity contribution in [2.45, 2.75) is 0 Å². The number of ketones is 2. The van der Waals surface area contributed by atoms with E-state index in [0.717, 1.165) is 20.0 Å². The Morgan fingerprint density at radius 2 is 0.543 bits per heavy atom. The number of hydrogen-bond donors (Lipinski definition) is 17. The molecule has 0 atom stereocenters. The maximum Gasteiger partial charge on any atom is 0.335 e. The molecular formula is C44H57N27O10. The summed E-state index contributed by atoms with van der Waals surface area (Å²) in [4.78, 5) is 120. The van der Waals surface area contributed by atoms with Gasteiger partial charge >= 0.3 is 48.2 Å².